The molecule has 0 unspecified atom stereocenters. The van der Waals surface area contributed by atoms with Crippen LogP contribution in [0, 0.1) is 10.1 Å². The van der Waals surface area contributed by atoms with Crippen LogP contribution in [-0.2, 0) is 0 Å². The van der Waals surface area contributed by atoms with Crippen molar-refractivity contribution in [2.45, 2.75) is 6.43 Å². The van der Waals surface area contributed by atoms with Crippen molar-refractivity contribution in [1.29, 1.82) is 0 Å². The number of carbonyl (C=O) groups is 1. The Labute approximate surface area is 86.7 Å². The number of carbonyl (C=O) groups excluding carboxylic acids is 1. The van der Waals surface area contributed by atoms with Crippen molar-refractivity contribution < 1.29 is 23.6 Å². The number of rotatable bonds is 3. The van der Waals surface area contributed by atoms with E-state index in [0.717, 1.165) is 0 Å². The number of nitrogens with zero attached hydrogens (tertiary/aromatic N) is 2. The highest BCUT2D eigenvalue weighted by Crippen LogP contribution is 2.30. The van der Waals surface area contributed by atoms with Gasteiger partial charge in [-0.05, 0) is 9.91 Å². The molecule has 0 atom stereocenters. The second kappa shape index (κ2) is 4.04. The zero-order valence-corrected chi connectivity index (χ0v) is 7.55. The smallest absolute Gasteiger partial charge is 0.406 e. The third kappa shape index (κ3) is 2.02. The van der Waals surface area contributed by atoms with Crippen LogP contribution in [0.4, 0.5) is 14.6 Å². The van der Waals surface area contributed by atoms with Gasteiger partial charge in [0.2, 0.25) is 11.4 Å². The number of aromatic hydroxyl groups is 1. The van der Waals surface area contributed by atoms with Crippen LogP contribution < -0.4 is 5.73 Å². The number of nitro groups is 1. The first kappa shape index (κ1) is 11.8. The van der Waals surface area contributed by atoms with Gasteiger partial charge >= 0.3 is 12.2 Å². The quantitative estimate of drug-likeness (QED) is 0.589. The summed E-state index contributed by atoms with van der Waals surface area (Å²) in [7, 11) is 0. The molecule has 7 nitrogen and oxygen atoms in total. The largest absolute Gasteiger partial charge is 0.501 e. The molecule has 0 bridgehead atoms. The first-order valence-electron chi connectivity index (χ1n) is 3.80. The number of amides is 1. The van der Waals surface area contributed by atoms with Crippen molar-refractivity contribution in [3.8, 4) is 5.75 Å². The van der Waals surface area contributed by atoms with E-state index >= 15 is 0 Å². The molecule has 0 fully saturated rings. The van der Waals surface area contributed by atoms with Gasteiger partial charge in [0.1, 0.15) is 0 Å². The second-order valence-electron chi connectivity index (χ2n) is 2.69. The van der Waals surface area contributed by atoms with Crippen molar-refractivity contribution in [3.05, 3.63) is 27.4 Å². The Morgan fingerprint density at radius 3 is 2.56 bits per heavy atom. The molecule has 3 N–H and O–H groups in total. The molecular formula is C7H5F2N3O4. The molecule has 1 amide bonds. The molecular weight excluding hydrogens is 228 g/mol. The average Bonchev–Trinajstić information content (AvgIpc) is 2.15. The van der Waals surface area contributed by atoms with Crippen LogP contribution >= 0.6 is 0 Å². The first-order valence-corrected chi connectivity index (χ1v) is 3.80. The van der Waals surface area contributed by atoms with Gasteiger partial charge in [-0.3, -0.25) is 4.79 Å². The summed E-state index contributed by atoms with van der Waals surface area (Å²) in [4.78, 5) is 22.8. The zero-order valence-electron chi connectivity index (χ0n) is 7.55. The highest BCUT2D eigenvalue weighted by Gasteiger charge is 2.29. The van der Waals surface area contributed by atoms with Crippen molar-refractivity contribution in [2.75, 3.05) is 0 Å². The Hall–Kier alpha value is -2.32. The molecule has 0 aliphatic carbocycles. The zero-order chi connectivity index (χ0) is 12.5. The third-order valence-electron chi connectivity index (χ3n) is 1.66. The summed E-state index contributed by atoms with van der Waals surface area (Å²) >= 11 is 0. The van der Waals surface area contributed by atoms with Crippen LogP contribution in [-0.4, -0.2) is 20.9 Å². The predicted molar refractivity (Wildman–Crippen MR) is 46.0 cm³/mol. The fourth-order valence-electron chi connectivity index (χ4n) is 1.00. The molecule has 0 aromatic carbocycles. The number of halogens is 2. The van der Waals surface area contributed by atoms with Crippen LogP contribution in [0.1, 0.15) is 22.5 Å². The van der Waals surface area contributed by atoms with E-state index in [1.807, 2.05) is 0 Å². The molecule has 16 heavy (non-hydrogen) atoms. The van der Waals surface area contributed by atoms with Gasteiger partial charge in [-0.1, -0.05) is 0 Å². The van der Waals surface area contributed by atoms with E-state index in [4.69, 9.17) is 10.8 Å². The maximum atomic E-state index is 12.4. The lowest BCUT2D eigenvalue weighted by Gasteiger charge is -2.02. The van der Waals surface area contributed by atoms with E-state index in [0.29, 0.717) is 6.07 Å². The summed E-state index contributed by atoms with van der Waals surface area (Å²) in [6, 6.07) is 0.495. The van der Waals surface area contributed by atoms with E-state index in [9.17, 15) is 23.7 Å². The molecule has 1 rings (SSSR count). The molecule has 0 spiro atoms. The van der Waals surface area contributed by atoms with Crippen molar-refractivity contribution in [3.63, 3.8) is 0 Å². The lowest BCUT2D eigenvalue weighted by Crippen LogP contribution is -2.15. The minimum atomic E-state index is -3.21. The van der Waals surface area contributed by atoms with E-state index in [2.05, 4.69) is 4.98 Å². The Morgan fingerprint density at radius 2 is 2.19 bits per heavy atom. The van der Waals surface area contributed by atoms with Crippen molar-refractivity contribution >= 4 is 11.7 Å². The maximum Gasteiger partial charge on any atom is 0.406 e. The fourth-order valence-corrected chi connectivity index (χ4v) is 1.00. The van der Waals surface area contributed by atoms with Crippen LogP contribution in [0.15, 0.2) is 6.07 Å². The molecule has 0 aliphatic rings. The van der Waals surface area contributed by atoms with Gasteiger partial charge in [-0.15, -0.1) is 0 Å². The average molecular weight is 233 g/mol. The highest BCUT2D eigenvalue weighted by molar-refractivity contribution is 5.94. The second-order valence-corrected chi connectivity index (χ2v) is 2.69. The summed E-state index contributed by atoms with van der Waals surface area (Å²) in [5.74, 6) is -3.41. The Bertz CT molecular complexity index is 463. The first-order chi connectivity index (χ1) is 7.34. The van der Waals surface area contributed by atoms with Gasteiger partial charge in [-0.2, -0.15) is 0 Å². The number of aromatic nitrogens is 1. The summed E-state index contributed by atoms with van der Waals surface area (Å²) in [6.45, 7) is 0. The van der Waals surface area contributed by atoms with Gasteiger partial charge in [0, 0.05) is 6.07 Å². The molecule has 86 valence electrons. The standard InChI is InChI=1S/C7H5F2N3O4/c8-5(9)4-2(6(10)14)1-3(13)7(11-4)12(15)16/h1,5,13H,(H2,10,14). The highest BCUT2D eigenvalue weighted by atomic mass is 19.3. The molecule has 1 aromatic rings. The maximum absolute atomic E-state index is 12.4. The van der Waals surface area contributed by atoms with Crippen molar-refractivity contribution in [2.24, 2.45) is 5.73 Å². The summed E-state index contributed by atoms with van der Waals surface area (Å²) in [5.41, 5.74) is 2.87. The Balaban J connectivity index is 3.49. The van der Waals surface area contributed by atoms with Gasteiger partial charge in [0.25, 0.3) is 5.91 Å². The monoisotopic (exact) mass is 233 g/mol. The molecule has 0 saturated carbocycles. The van der Waals surface area contributed by atoms with Crippen molar-refractivity contribution in [1.82, 2.24) is 4.98 Å². The van der Waals surface area contributed by atoms with Crippen LogP contribution in [0.3, 0.4) is 0 Å². The number of nitrogens with two attached hydrogens (primary N) is 1. The summed E-state index contributed by atoms with van der Waals surface area (Å²) in [6.07, 6.45) is -3.21. The molecule has 0 radical (unpaired) electrons. The fraction of sp³-hybridized carbons (Fsp3) is 0.143. The lowest BCUT2D eigenvalue weighted by atomic mass is 10.1. The third-order valence-corrected chi connectivity index (χ3v) is 1.66. The summed E-state index contributed by atoms with van der Waals surface area (Å²) < 4.78 is 24.8. The van der Waals surface area contributed by atoms with E-state index < -0.39 is 40.1 Å². The minimum absolute atomic E-state index is 0.495. The Kier molecular flexibility index (Phi) is 2.97. The number of alkyl halides is 2. The number of primary amides is 1. The number of hydrogen-bond donors (Lipinski definition) is 2. The van der Waals surface area contributed by atoms with E-state index in [1.165, 1.54) is 0 Å². The Morgan fingerprint density at radius 1 is 1.62 bits per heavy atom. The number of hydrogen-bond acceptors (Lipinski definition) is 5. The topological polar surface area (TPSA) is 119 Å². The minimum Gasteiger partial charge on any atom is -0.501 e. The van der Waals surface area contributed by atoms with Crippen LogP contribution in [0.5, 0.6) is 5.75 Å². The molecule has 0 aliphatic heterocycles. The van der Waals surface area contributed by atoms with Gasteiger partial charge in [-0.25, -0.2) is 8.78 Å². The lowest BCUT2D eigenvalue weighted by molar-refractivity contribution is -0.390. The molecule has 1 heterocycles. The van der Waals surface area contributed by atoms with E-state index in [-0.39, 0.29) is 0 Å². The van der Waals surface area contributed by atoms with E-state index in [1.54, 1.807) is 0 Å². The predicted octanol–water partition coefficient (Wildman–Crippen LogP) is 0.732. The van der Waals surface area contributed by atoms with Gasteiger partial charge < -0.3 is 21.0 Å². The number of pyridine rings is 1. The molecule has 0 saturated heterocycles. The normalized spacial score (nSPS) is 10.4. The molecule has 9 heteroatoms. The van der Waals surface area contributed by atoms with Gasteiger partial charge in [0.05, 0.1) is 5.56 Å². The molecule has 1 aromatic heterocycles. The van der Waals surface area contributed by atoms with Gasteiger partial charge in [0.15, 0.2) is 0 Å². The summed E-state index contributed by atoms with van der Waals surface area (Å²) in [5, 5.41) is 19.4. The SMILES string of the molecule is NC(=O)c1cc(O)c([N+](=O)[O-])nc1C(F)F. The van der Waals surface area contributed by atoms with Crippen LogP contribution in [0.25, 0.3) is 0 Å². The van der Waals surface area contributed by atoms with Crippen LogP contribution in [0.2, 0.25) is 0 Å².